The van der Waals surface area contributed by atoms with Crippen LogP contribution in [-0.4, -0.2) is 13.6 Å². The van der Waals surface area contributed by atoms with Crippen LogP contribution in [0.1, 0.15) is 11.6 Å². The molecule has 0 aromatic heterocycles. The lowest BCUT2D eigenvalue weighted by Crippen LogP contribution is -2.31. The minimum Gasteiger partial charge on any atom is -0.364 e. The Labute approximate surface area is 119 Å². The van der Waals surface area contributed by atoms with E-state index in [1.807, 2.05) is 0 Å². The van der Waals surface area contributed by atoms with Crippen LogP contribution in [0.25, 0.3) is 0 Å². The topological polar surface area (TPSA) is 29.3 Å². The van der Waals surface area contributed by atoms with Crippen molar-refractivity contribution in [1.29, 1.82) is 0 Å². The molecule has 2 nitrogen and oxygen atoms in total. The van der Waals surface area contributed by atoms with Gasteiger partial charge in [-0.3, -0.25) is 0 Å². The molecule has 0 saturated heterocycles. The Balaban J connectivity index is 2.42. The summed E-state index contributed by atoms with van der Waals surface area (Å²) in [6.45, 7) is -0.0185. The van der Waals surface area contributed by atoms with Crippen molar-refractivity contribution in [2.24, 2.45) is 5.73 Å². The Morgan fingerprint density at radius 2 is 1.57 bits per heavy atom. The normalized spacial score (nSPS) is 12.3. The highest BCUT2D eigenvalue weighted by Gasteiger charge is 2.21. The molecule has 2 aromatic rings. The summed E-state index contributed by atoms with van der Waals surface area (Å²) >= 11 is 0. The molecule has 0 heterocycles. The minimum atomic E-state index is -1.54. The molecular formula is C15H14F4N2. The molecule has 1 atom stereocenters. The number of para-hydroxylation sites is 1. The van der Waals surface area contributed by atoms with Gasteiger partial charge in [-0.15, -0.1) is 0 Å². The van der Waals surface area contributed by atoms with Crippen molar-refractivity contribution in [1.82, 2.24) is 0 Å². The summed E-state index contributed by atoms with van der Waals surface area (Å²) in [4.78, 5) is 1.46. The second-order valence-electron chi connectivity index (χ2n) is 4.61. The number of halogens is 4. The van der Waals surface area contributed by atoms with Gasteiger partial charge < -0.3 is 10.6 Å². The van der Waals surface area contributed by atoms with Crippen LogP contribution in [0.2, 0.25) is 0 Å². The number of nitrogens with zero attached hydrogens (tertiary/aromatic N) is 1. The van der Waals surface area contributed by atoms with Crippen LogP contribution < -0.4 is 10.6 Å². The molecule has 0 saturated carbocycles. The predicted molar refractivity (Wildman–Crippen MR) is 72.9 cm³/mol. The van der Waals surface area contributed by atoms with Gasteiger partial charge in [-0.25, -0.2) is 17.6 Å². The number of benzene rings is 2. The van der Waals surface area contributed by atoms with Gasteiger partial charge in [-0.05, 0) is 29.8 Å². The average Bonchev–Trinajstić information content (AvgIpc) is 2.45. The number of anilines is 1. The lowest BCUT2D eigenvalue weighted by molar-refractivity contribution is 0.443. The van der Waals surface area contributed by atoms with Crippen LogP contribution in [-0.2, 0) is 0 Å². The van der Waals surface area contributed by atoms with Crippen molar-refractivity contribution in [3.05, 3.63) is 65.2 Å². The number of hydrogen-bond donors (Lipinski definition) is 1. The highest BCUT2D eigenvalue weighted by molar-refractivity contribution is 5.49. The predicted octanol–water partition coefficient (Wildman–Crippen LogP) is 3.38. The third kappa shape index (κ3) is 3.00. The van der Waals surface area contributed by atoms with Crippen molar-refractivity contribution in [2.45, 2.75) is 6.04 Å². The first kappa shape index (κ1) is 15.3. The van der Waals surface area contributed by atoms with Crippen molar-refractivity contribution in [2.75, 3.05) is 18.5 Å². The minimum absolute atomic E-state index is 0.0185. The lowest BCUT2D eigenvalue weighted by atomic mass is 10.0. The second-order valence-corrected chi connectivity index (χ2v) is 4.61. The van der Waals surface area contributed by atoms with Gasteiger partial charge >= 0.3 is 0 Å². The summed E-state index contributed by atoms with van der Waals surface area (Å²) in [5, 5.41) is 0. The third-order valence-electron chi connectivity index (χ3n) is 3.31. The molecule has 0 radical (unpaired) electrons. The quantitative estimate of drug-likeness (QED) is 0.692. The molecule has 2 rings (SSSR count). The number of hydrogen-bond acceptors (Lipinski definition) is 2. The van der Waals surface area contributed by atoms with Crippen LogP contribution >= 0.6 is 0 Å². The molecule has 112 valence electrons. The van der Waals surface area contributed by atoms with E-state index in [0.717, 1.165) is 12.1 Å². The maximum absolute atomic E-state index is 13.8. The van der Waals surface area contributed by atoms with Gasteiger partial charge in [0.05, 0.1) is 11.7 Å². The molecule has 0 bridgehead atoms. The highest BCUT2D eigenvalue weighted by Crippen LogP contribution is 2.28. The van der Waals surface area contributed by atoms with Gasteiger partial charge in [0.15, 0.2) is 17.5 Å². The van der Waals surface area contributed by atoms with Crippen molar-refractivity contribution in [3.8, 4) is 0 Å². The molecule has 1 unspecified atom stereocenters. The van der Waals surface area contributed by atoms with E-state index in [-0.39, 0.29) is 17.8 Å². The zero-order valence-electron chi connectivity index (χ0n) is 11.3. The molecule has 2 aromatic carbocycles. The van der Waals surface area contributed by atoms with E-state index < -0.39 is 29.3 Å². The van der Waals surface area contributed by atoms with Gasteiger partial charge in [0.25, 0.3) is 0 Å². The summed E-state index contributed by atoms with van der Waals surface area (Å²) in [7, 11) is 1.55. The van der Waals surface area contributed by atoms with Gasteiger partial charge in [0, 0.05) is 13.6 Å². The first-order valence-corrected chi connectivity index (χ1v) is 6.27. The molecule has 0 aliphatic rings. The fourth-order valence-electron chi connectivity index (χ4n) is 2.19. The lowest BCUT2D eigenvalue weighted by Gasteiger charge is -2.29. The monoisotopic (exact) mass is 298 g/mol. The van der Waals surface area contributed by atoms with E-state index in [9.17, 15) is 17.6 Å². The van der Waals surface area contributed by atoms with E-state index >= 15 is 0 Å². The Bertz CT molecular complexity index is 622. The first-order chi connectivity index (χ1) is 9.95. The standard InChI is InChI=1S/C15H14F4N2/c1-21(13-5-3-2-4-10(13)16)14(8-20)9-6-11(17)15(19)12(18)7-9/h2-7,14H,8,20H2,1H3. The second kappa shape index (κ2) is 6.13. The zero-order valence-corrected chi connectivity index (χ0v) is 11.3. The van der Waals surface area contributed by atoms with Crippen LogP contribution in [0.15, 0.2) is 36.4 Å². The van der Waals surface area contributed by atoms with Crippen molar-refractivity contribution in [3.63, 3.8) is 0 Å². The number of nitrogens with two attached hydrogens (primary N) is 1. The molecule has 0 amide bonds. The Kier molecular flexibility index (Phi) is 4.47. The molecule has 21 heavy (non-hydrogen) atoms. The molecule has 6 heteroatoms. The smallest absolute Gasteiger partial charge is 0.194 e. The van der Waals surface area contributed by atoms with Gasteiger partial charge in [0.1, 0.15) is 5.82 Å². The Hall–Kier alpha value is -2.08. The number of likely N-dealkylation sites (N-methyl/N-ethyl adjacent to an activating group) is 1. The molecule has 0 aliphatic carbocycles. The molecule has 0 aliphatic heterocycles. The largest absolute Gasteiger partial charge is 0.364 e. The fourth-order valence-corrected chi connectivity index (χ4v) is 2.19. The summed E-state index contributed by atoms with van der Waals surface area (Å²) in [5.41, 5.74) is 6.00. The summed E-state index contributed by atoms with van der Waals surface area (Å²) < 4.78 is 53.5. The van der Waals surface area contributed by atoms with Crippen LogP contribution in [0.3, 0.4) is 0 Å². The van der Waals surface area contributed by atoms with Crippen LogP contribution in [0, 0.1) is 23.3 Å². The van der Waals surface area contributed by atoms with Gasteiger partial charge in [0.2, 0.25) is 0 Å². The first-order valence-electron chi connectivity index (χ1n) is 6.27. The van der Waals surface area contributed by atoms with Crippen molar-refractivity contribution < 1.29 is 17.6 Å². The zero-order chi connectivity index (χ0) is 15.6. The maximum Gasteiger partial charge on any atom is 0.194 e. The highest BCUT2D eigenvalue weighted by atomic mass is 19.2. The Morgan fingerprint density at radius 1 is 1.00 bits per heavy atom. The molecular weight excluding hydrogens is 284 g/mol. The van der Waals surface area contributed by atoms with Gasteiger partial charge in [-0.1, -0.05) is 12.1 Å². The Morgan fingerprint density at radius 3 is 2.10 bits per heavy atom. The van der Waals surface area contributed by atoms with E-state index in [1.54, 1.807) is 13.1 Å². The summed E-state index contributed by atoms with van der Waals surface area (Å²) in [5.74, 6) is -4.62. The third-order valence-corrected chi connectivity index (χ3v) is 3.31. The summed E-state index contributed by atoms with van der Waals surface area (Å²) in [6, 6.07) is 7.00. The van der Waals surface area contributed by atoms with Crippen LogP contribution in [0.4, 0.5) is 23.2 Å². The molecule has 2 N–H and O–H groups in total. The van der Waals surface area contributed by atoms with E-state index in [4.69, 9.17) is 5.73 Å². The maximum atomic E-state index is 13.8. The average molecular weight is 298 g/mol. The molecule has 0 spiro atoms. The van der Waals surface area contributed by atoms with Crippen molar-refractivity contribution >= 4 is 5.69 Å². The van der Waals surface area contributed by atoms with Crippen LogP contribution in [0.5, 0.6) is 0 Å². The van der Waals surface area contributed by atoms with Gasteiger partial charge in [-0.2, -0.15) is 0 Å². The van der Waals surface area contributed by atoms with E-state index in [1.165, 1.54) is 23.1 Å². The molecule has 0 fully saturated rings. The SMILES string of the molecule is CN(c1ccccc1F)C(CN)c1cc(F)c(F)c(F)c1. The fraction of sp³-hybridized carbons (Fsp3) is 0.200. The van der Waals surface area contributed by atoms with E-state index in [0.29, 0.717) is 0 Å². The number of rotatable bonds is 4. The summed E-state index contributed by atoms with van der Waals surface area (Å²) in [6.07, 6.45) is 0. The van der Waals surface area contributed by atoms with E-state index in [2.05, 4.69) is 0 Å².